The zero-order valence-corrected chi connectivity index (χ0v) is 10.6. The van der Waals surface area contributed by atoms with Crippen LogP contribution < -0.4 is 10.2 Å². The van der Waals surface area contributed by atoms with Gasteiger partial charge in [0.05, 0.1) is 6.10 Å². The molecule has 0 aliphatic carbocycles. The lowest BCUT2D eigenvalue weighted by Crippen LogP contribution is -2.44. The first-order valence-corrected chi connectivity index (χ1v) is 5.89. The first kappa shape index (κ1) is 14.2. The van der Waals surface area contributed by atoms with Gasteiger partial charge in [-0.25, -0.2) is 0 Å². The number of hydrogen-bond donors (Lipinski definition) is 2. The lowest BCUT2D eigenvalue weighted by atomic mass is 10.2. The Morgan fingerprint density at radius 2 is 1.94 bits per heavy atom. The van der Waals surface area contributed by atoms with Gasteiger partial charge in [0.2, 0.25) is 0 Å². The van der Waals surface area contributed by atoms with Gasteiger partial charge in [-0.3, -0.25) is 9.59 Å². The minimum atomic E-state index is -0.707. The van der Waals surface area contributed by atoms with Crippen LogP contribution in [0.5, 0.6) is 0 Å². The van der Waals surface area contributed by atoms with E-state index in [1.807, 2.05) is 6.07 Å². The van der Waals surface area contributed by atoms with Gasteiger partial charge in [-0.2, -0.15) is 0 Å². The number of anilines is 1. The van der Waals surface area contributed by atoms with Crippen LogP contribution in [-0.2, 0) is 9.59 Å². The van der Waals surface area contributed by atoms with Crippen molar-refractivity contribution in [2.24, 2.45) is 0 Å². The molecule has 0 heterocycles. The third kappa shape index (κ3) is 3.85. The van der Waals surface area contributed by atoms with Crippen LogP contribution in [0.1, 0.15) is 13.8 Å². The van der Waals surface area contributed by atoms with Crippen molar-refractivity contribution in [3.63, 3.8) is 0 Å². The summed E-state index contributed by atoms with van der Waals surface area (Å²) in [7, 11) is 0. The fraction of sp³-hybridized carbons (Fsp3) is 0.385. The Balaban J connectivity index is 2.71. The smallest absolute Gasteiger partial charge is 0.316 e. The molecule has 18 heavy (non-hydrogen) atoms. The SMILES string of the molecule is CCN(C(=O)C(=O)NCC(C)O)c1ccccc1. The van der Waals surface area contributed by atoms with Crippen molar-refractivity contribution in [1.29, 1.82) is 0 Å². The predicted molar refractivity (Wildman–Crippen MR) is 69.2 cm³/mol. The summed E-state index contributed by atoms with van der Waals surface area (Å²) in [5, 5.41) is 11.4. The van der Waals surface area contributed by atoms with E-state index in [9.17, 15) is 9.59 Å². The quantitative estimate of drug-likeness (QED) is 0.766. The van der Waals surface area contributed by atoms with Crippen molar-refractivity contribution in [3.8, 4) is 0 Å². The minimum Gasteiger partial charge on any atom is -0.392 e. The van der Waals surface area contributed by atoms with Gasteiger partial charge in [-0.05, 0) is 26.0 Å². The van der Waals surface area contributed by atoms with E-state index >= 15 is 0 Å². The number of nitrogens with zero attached hydrogens (tertiary/aromatic N) is 1. The molecule has 0 spiro atoms. The molecule has 98 valence electrons. The van der Waals surface area contributed by atoms with Crippen molar-refractivity contribution in [2.75, 3.05) is 18.0 Å². The van der Waals surface area contributed by atoms with Crippen LogP contribution in [-0.4, -0.2) is 36.1 Å². The number of rotatable bonds is 4. The predicted octanol–water partition coefficient (Wildman–Crippen LogP) is 0.536. The molecule has 1 aromatic rings. The summed E-state index contributed by atoms with van der Waals surface area (Å²) in [4.78, 5) is 24.9. The van der Waals surface area contributed by atoms with Crippen LogP contribution in [0.25, 0.3) is 0 Å². The minimum absolute atomic E-state index is 0.0664. The molecule has 5 heteroatoms. The van der Waals surface area contributed by atoms with Gasteiger partial charge < -0.3 is 15.3 Å². The zero-order valence-electron chi connectivity index (χ0n) is 10.6. The topological polar surface area (TPSA) is 69.6 Å². The number of amides is 2. The molecule has 0 aliphatic rings. The van der Waals surface area contributed by atoms with Crippen LogP contribution >= 0.6 is 0 Å². The molecule has 1 aromatic carbocycles. The van der Waals surface area contributed by atoms with Gasteiger partial charge in [0.25, 0.3) is 0 Å². The molecule has 2 amide bonds. The van der Waals surface area contributed by atoms with E-state index in [1.54, 1.807) is 38.1 Å². The Labute approximate surface area is 106 Å². The number of benzene rings is 1. The molecular formula is C13H18N2O3. The van der Waals surface area contributed by atoms with Crippen LogP contribution in [0.4, 0.5) is 5.69 Å². The Kier molecular flexibility index (Phi) is 5.32. The van der Waals surface area contributed by atoms with E-state index in [4.69, 9.17) is 5.11 Å². The van der Waals surface area contributed by atoms with Gasteiger partial charge in [-0.15, -0.1) is 0 Å². The van der Waals surface area contributed by atoms with Gasteiger partial charge in [-0.1, -0.05) is 18.2 Å². The molecule has 1 rings (SSSR count). The number of nitrogens with one attached hydrogen (secondary N) is 1. The van der Waals surface area contributed by atoms with Crippen LogP contribution in [0.2, 0.25) is 0 Å². The number of carbonyl (C=O) groups excluding carboxylic acids is 2. The molecule has 5 nitrogen and oxygen atoms in total. The Morgan fingerprint density at radius 1 is 1.33 bits per heavy atom. The Bertz CT molecular complexity index is 404. The van der Waals surface area contributed by atoms with Gasteiger partial charge in [0.15, 0.2) is 0 Å². The van der Waals surface area contributed by atoms with Crippen LogP contribution in [0.3, 0.4) is 0 Å². The molecule has 0 bridgehead atoms. The summed E-state index contributed by atoms with van der Waals surface area (Å²) in [6, 6.07) is 8.99. The second-order valence-electron chi connectivity index (χ2n) is 3.94. The molecule has 0 radical (unpaired) electrons. The summed E-state index contributed by atoms with van der Waals surface area (Å²) in [5.74, 6) is -1.33. The molecular weight excluding hydrogens is 232 g/mol. The summed E-state index contributed by atoms with van der Waals surface area (Å²) < 4.78 is 0. The fourth-order valence-electron chi connectivity index (χ4n) is 1.49. The van der Waals surface area contributed by atoms with Crippen molar-refractivity contribution >= 4 is 17.5 Å². The maximum Gasteiger partial charge on any atom is 0.316 e. The van der Waals surface area contributed by atoms with Crippen molar-refractivity contribution < 1.29 is 14.7 Å². The van der Waals surface area contributed by atoms with Crippen LogP contribution in [0.15, 0.2) is 30.3 Å². The van der Waals surface area contributed by atoms with E-state index in [-0.39, 0.29) is 6.54 Å². The van der Waals surface area contributed by atoms with Crippen LogP contribution in [0, 0.1) is 0 Å². The van der Waals surface area contributed by atoms with E-state index in [2.05, 4.69) is 5.32 Å². The maximum absolute atomic E-state index is 11.9. The highest BCUT2D eigenvalue weighted by atomic mass is 16.3. The highest BCUT2D eigenvalue weighted by Gasteiger charge is 2.21. The number of hydrogen-bond acceptors (Lipinski definition) is 3. The second kappa shape index (κ2) is 6.76. The molecule has 0 saturated carbocycles. The van der Waals surface area contributed by atoms with Gasteiger partial charge in [0.1, 0.15) is 0 Å². The number of likely N-dealkylation sites (N-methyl/N-ethyl adjacent to an activating group) is 1. The largest absolute Gasteiger partial charge is 0.392 e. The molecule has 0 fully saturated rings. The highest BCUT2D eigenvalue weighted by Crippen LogP contribution is 2.12. The third-order valence-corrected chi connectivity index (χ3v) is 2.38. The van der Waals surface area contributed by atoms with E-state index in [0.717, 1.165) is 0 Å². The van der Waals surface area contributed by atoms with E-state index < -0.39 is 17.9 Å². The second-order valence-corrected chi connectivity index (χ2v) is 3.94. The summed E-state index contributed by atoms with van der Waals surface area (Å²) >= 11 is 0. The average Bonchev–Trinajstić information content (AvgIpc) is 2.38. The first-order chi connectivity index (χ1) is 8.56. The fourth-order valence-corrected chi connectivity index (χ4v) is 1.49. The number of aliphatic hydroxyl groups excluding tert-OH is 1. The monoisotopic (exact) mass is 250 g/mol. The maximum atomic E-state index is 11.9. The lowest BCUT2D eigenvalue weighted by Gasteiger charge is -2.20. The van der Waals surface area contributed by atoms with E-state index in [1.165, 1.54) is 4.90 Å². The van der Waals surface area contributed by atoms with Crippen molar-refractivity contribution in [2.45, 2.75) is 20.0 Å². The normalized spacial score (nSPS) is 11.7. The third-order valence-electron chi connectivity index (χ3n) is 2.38. The Hall–Kier alpha value is -1.88. The average molecular weight is 250 g/mol. The lowest BCUT2D eigenvalue weighted by molar-refractivity contribution is -0.137. The Morgan fingerprint density at radius 3 is 2.44 bits per heavy atom. The zero-order chi connectivity index (χ0) is 13.5. The summed E-state index contributed by atoms with van der Waals surface area (Å²) in [6.45, 7) is 3.81. The highest BCUT2D eigenvalue weighted by molar-refractivity contribution is 6.40. The summed E-state index contributed by atoms with van der Waals surface area (Å²) in [6.07, 6.45) is -0.673. The molecule has 1 atom stereocenters. The number of carbonyl (C=O) groups is 2. The molecule has 0 aliphatic heterocycles. The van der Waals surface area contributed by atoms with Gasteiger partial charge >= 0.3 is 11.8 Å². The summed E-state index contributed by atoms with van der Waals surface area (Å²) in [5.41, 5.74) is 0.678. The number of aliphatic hydroxyl groups is 1. The van der Waals surface area contributed by atoms with Crippen molar-refractivity contribution in [3.05, 3.63) is 30.3 Å². The number of para-hydroxylation sites is 1. The standard InChI is InChI=1S/C13H18N2O3/c1-3-15(11-7-5-4-6-8-11)13(18)12(17)14-9-10(2)16/h4-8,10,16H,3,9H2,1-2H3,(H,14,17). The first-order valence-electron chi connectivity index (χ1n) is 5.89. The molecule has 0 saturated heterocycles. The molecule has 0 aromatic heterocycles. The molecule has 1 unspecified atom stereocenters. The van der Waals surface area contributed by atoms with Crippen molar-refractivity contribution in [1.82, 2.24) is 5.32 Å². The van der Waals surface area contributed by atoms with E-state index in [0.29, 0.717) is 12.2 Å². The van der Waals surface area contributed by atoms with Gasteiger partial charge in [0, 0.05) is 18.8 Å². The molecule has 2 N–H and O–H groups in total.